The largest absolute Gasteiger partial charge is 1.00 e. The van der Waals surface area contributed by atoms with Crippen LogP contribution >= 0.6 is 0 Å². The van der Waals surface area contributed by atoms with Gasteiger partial charge in [-0.05, 0) is 26.0 Å². The molecular formula is C11H12BF4KO. The van der Waals surface area contributed by atoms with E-state index in [0.29, 0.717) is 6.07 Å². The predicted molar refractivity (Wildman–Crippen MR) is 60.0 cm³/mol. The van der Waals surface area contributed by atoms with Crippen LogP contribution in [-0.2, 0) is 0 Å². The van der Waals surface area contributed by atoms with Crippen LogP contribution in [0.2, 0.25) is 0 Å². The third-order valence-corrected chi connectivity index (χ3v) is 2.06. The second kappa shape index (κ2) is 7.69. The smallest absolute Gasteiger partial charge is 0.492 e. The van der Waals surface area contributed by atoms with Crippen LogP contribution in [0.1, 0.15) is 13.8 Å². The molecule has 18 heavy (non-hydrogen) atoms. The Bertz CT molecular complexity index is 428. The maximum atomic E-state index is 12.9. The molecule has 0 aliphatic carbocycles. The first-order chi connectivity index (χ1) is 7.80. The summed E-state index contributed by atoms with van der Waals surface area (Å²) in [6.45, 7) is -1.62. The molecule has 1 aromatic carbocycles. The molecule has 0 spiro atoms. The average Bonchev–Trinajstić information content (AvgIpc) is 2.15. The van der Waals surface area contributed by atoms with E-state index in [9.17, 15) is 17.3 Å². The van der Waals surface area contributed by atoms with Crippen LogP contribution in [0.25, 0.3) is 0 Å². The van der Waals surface area contributed by atoms with Crippen molar-refractivity contribution in [3.05, 3.63) is 35.7 Å². The third-order valence-electron chi connectivity index (χ3n) is 2.06. The summed E-state index contributed by atoms with van der Waals surface area (Å²) in [6, 6.07) is 2.23. The molecule has 0 unspecified atom stereocenters. The molecule has 0 saturated carbocycles. The molecule has 1 nitrogen and oxygen atoms in total. The van der Waals surface area contributed by atoms with E-state index in [1.165, 1.54) is 0 Å². The Morgan fingerprint density at radius 2 is 1.89 bits per heavy atom. The van der Waals surface area contributed by atoms with Gasteiger partial charge in [-0.25, -0.2) is 4.39 Å². The monoisotopic (exact) mass is 286 g/mol. The van der Waals surface area contributed by atoms with Crippen molar-refractivity contribution in [1.29, 1.82) is 0 Å². The molecule has 0 aliphatic rings. The van der Waals surface area contributed by atoms with Gasteiger partial charge in [0.05, 0.1) is 5.75 Å². The van der Waals surface area contributed by atoms with Crippen molar-refractivity contribution >= 4 is 12.4 Å². The zero-order valence-electron chi connectivity index (χ0n) is 10.5. The minimum Gasteiger partial charge on any atom is -0.492 e. The Kier molecular flexibility index (Phi) is 7.77. The second-order valence-corrected chi connectivity index (χ2v) is 3.85. The number of rotatable bonds is 4. The van der Waals surface area contributed by atoms with Crippen LogP contribution in [0.15, 0.2) is 29.8 Å². The Balaban J connectivity index is 0.00000289. The molecule has 1 aromatic rings. The van der Waals surface area contributed by atoms with Crippen molar-refractivity contribution in [3.8, 4) is 5.75 Å². The molecule has 0 aliphatic heterocycles. The van der Waals surface area contributed by atoms with E-state index >= 15 is 0 Å². The summed E-state index contributed by atoms with van der Waals surface area (Å²) in [7, 11) is 0. The van der Waals surface area contributed by atoms with Crippen LogP contribution in [0.3, 0.4) is 0 Å². The fraction of sp³-hybridized carbons (Fsp3) is 0.273. The Morgan fingerprint density at radius 1 is 1.28 bits per heavy atom. The van der Waals surface area contributed by atoms with Crippen LogP contribution in [0, 0.1) is 5.82 Å². The van der Waals surface area contributed by atoms with Crippen molar-refractivity contribution in [3.63, 3.8) is 0 Å². The number of hydrogen-bond donors (Lipinski definition) is 0. The number of halogens is 4. The fourth-order valence-corrected chi connectivity index (χ4v) is 1.20. The minimum atomic E-state index is -5.20. The van der Waals surface area contributed by atoms with E-state index in [4.69, 9.17) is 4.74 Å². The van der Waals surface area contributed by atoms with Gasteiger partial charge in [-0.15, -0.1) is 0 Å². The second-order valence-electron chi connectivity index (χ2n) is 3.85. The molecular weight excluding hydrogens is 274 g/mol. The zero-order chi connectivity index (χ0) is 13.1. The van der Waals surface area contributed by atoms with Crippen LogP contribution in [0.5, 0.6) is 5.75 Å². The standard InChI is InChI=1S/C11H12BF4O.K/c1-8(2)5-6-17-11-7-9(13)3-4-10(11)12(14,15)16;/h3-5,7H,6H2,1-2H3;/q-1;+1. The van der Waals surface area contributed by atoms with E-state index in [0.717, 1.165) is 17.7 Å². The minimum absolute atomic E-state index is 0. The molecule has 0 atom stereocenters. The summed E-state index contributed by atoms with van der Waals surface area (Å²) in [5.41, 5.74) is 0.00836. The van der Waals surface area contributed by atoms with Gasteiger partial charge >= 0.3 is 58.4 Å². The number of hydrogen-bond acceptors (Lipinski definition) is 1. The molecule has 7 heteroatoms. The van der Waals surface area contributed by atoms with Crippen molar-refractivity contribution < 1.29 is 73.5 Å². The summed E-state index contributed by atoms with van der Waals surface area (Å²) in [5.74, 6) is -1.21. The summed E-state index contributed by atoms with van der Waals surface area (Å²) in [6.07, 6.45) is 1.62. The molecule has 1 rings (SSSR count). The van der Waals surface area contributed by atoms with Gasteiger partial charge < -0.3 is 17.7 Å². The Morgan fingerprint density at radius 3 is 2.39 bits per heavy atom. The van der Waals surface area contributed by atoms with Crippen LogP contribution < -0.4 is 61.6 Å². The quantitative estimate of drug-likeness (QED) is 0.437. The van der Waals surface area contributed by atoms with Gasteiger partial charge in [-0.2, -0.15) is 0 Å². The van der Waals surface area contributed by atoms with Gasteiger partial charge in [-0.1, -0.05) is 17.1 Å². The summed E-state index contributed by atoms with van der Waals surface area (Å²) < 4.78 is 55.6. The number of allylic oxidation sites excluding steroid dienone is 1. The molecule has 0 N–H and O–H groups in total. The zero-order valence-corrected chi connectivity index (χ0v) is 13.6. The summed E-state index contributed by atoms with van der Waals surface area (Å²) in [4.78, 5) is 0. The maximum absolute atomic E-state index is 12.9. The van der Waals surface area contributed by atoms with E-state index in [-0.39, 0.29) is 58.0 Å². The van der Waals surface area contributed by atoms with Crippen molar-refractivity contribution in [1.82, 2.24) is 0 Å². The molecule has 0 heterocycles. The first kappa shape index (κ1) is 18.2. The van der Waals surface area contributed by atoms with Crippen LogP contribution in [0.4, 0.5) is 17.3 Å². The fourth-order valence-electron chi connectivity index (χ4n) is 1.20. The Hall–Kier alpha value is 0.181. The Labute approximate surface area is 146 Å². The third kappa shape index (κ3) is 5.88. The van der Waals surface area contributed by atoms with E-state index < -0.39 is 24.0 Å². The van der Waals surface area contributed by atoms with Gasteiger partial charge in [0.25, 0.3) is 0 Å². The number of ether oxygens (including phenoxy) is 1. The van der Waals surface area contributed by atoms with Crippen molar-refractivity contribution in [2.45, 2.75) is 13.8 Å². The first-order valence-electron chi connectivity index (χ1n) is 5.06. The molecule has 0 radical (unpaired) electrons. The van der Waals surface area contributed by atoms with Gasteiger partial charge in [0.15, 0.2) is 0 Å². The van der Waals surface area contributed by atoms with Gasteiger partial charge in [0.1, 0.15) is 12.4 Å². The van der Waals surface area contributed by atoms with Crippen molar-refractivity contribution in [2.24, 2.45) is 0 Å². The van der Waals surface area contributed by atoms with Gasteiger partial charge in [0.2, 0.25) is 0 Å². The van der Waals surface area contributed by atoms with Crippen molar-refractivity contribution in [2.75, 3.05) is 6.61 Å². The molecule has 0 saturated heterocycles. The van der Waals surface area contributed by atoms with E-state index in [2.05, 4.69) is 0 Å². The SMILES string of the molecule is CC(C)=CCOc1cc(F)ccc1[B-](F)(F)F.[K+]. The van der Waals surface area contributed by atoms with Gasteiger partial charge in [-0.3, -0.25) is 0 Å². The van der Waals surface area contributed by atoms with E-state index in [1.807, 2.05) is 0 Å². The average molecular weight is 286 g/mol. The van der Waals surface area contributed by atoms with Gasteiger partial charge in [0, 0.05) is 6.07 Å². The molecule has 0 fully saturated rings. The first-order valence-corrected chi connectivity index (χ1v) is 5.06. The predicted octanol–water partition coefficient (Wildman–Crippen LogP) is 0.229. The summed E-state index contributed by atoms with van der Waals surface area (Å²) in [5, 5.41) is 0. The molecule has 94 valence electrons. The molecule has 0 aromatic heterocycles. The normalized spacial score (nSPS) is 10.6. The topological polar surface area (TPSA) is 9.23 Å². The molecule has 0 bridgehead atoms. The number of benzene rings is 1. The maximum Gasteiger partial charge on any atom is 1.00 e. The van der Waals surface area contributed by atoms with Crippen LogP contribution in [-0.4, -0.2) is 13.6 Å². The molecule has 0 amide bonds. The summed E-state index contributed by atoms with van der Waals surface area (Å²) >= 11 is 0. The van der Waals surface area contributed by atoms with E-state index in [1.54, 1.807) is 19.9 Å².